The molecule has 0 unspecified atom stereocenters. The number of hydrogen-bond donors (Lipinski definition) is 1. The second-order valence-electron chi connectivity index (χ2n) is 0.298. The van der Waals surface area contributed by atoms with E-state index in [0.29, 0.717) is 0 Å². The molecule has 0 spiro atoms. The molecule has 0 bridgehead atoms. The predicted molar refractivity (Wildman–Crippen MR) is 18.4 cm³/mol. The van der Waals surface area contributed by atoms with Crippen molar-refractivity contribution < 1.29 is 0 Å². The highest BCUT2D eigenvalue weighted by Crippen LogP contribution is 1.25. The first-order chi connectivity index (χ1) is 1.91. The largest absolute Gasteiger partial charge is 0.391 e. The van der Waals surface area contributed by atoms with Crippen molar-refractivity contribution in [2.24, 2.45) is 10.6 Å². The molecule has 0 fully saturated rings. The van der Waals surface area contributed by atoms with E-state index in [1.165, 1.54) is 0 Å². The zero-order valence-electron chi connectivity index (χ0n) is 2.18. The van der Waals surface area contributed by atoms with E-state index in [1.807, 2.05) is 0 Å². The van der Waals surface area contributed by atoms with Crippen LogP contribution in [0.5, 0.6) is 0 Å². The first kappa shape index (κ1) is 3.53. The number of nitrogens with zero attached hydrogens (tertiary/aromatic N) is 1. The molecule has 0 amide bonds. The van der Waals surface area contributed by atoms with Crippen LogP contribution in [-0.2, 0) is 0 Å². The fraction of sp³-hybridized carbons (Fsp3) is 0. The minimum absolute atomic E-state index is 1.03. The summed E-state index contributed by atoms with van der Waals surface area (Å²) in [5.74, 6) is 0. The van der Waals surface area contributed by atoms with Gasteiger partial charge in [0.25, 0.3) is 7.98 Å². The second-order valence-corrected chi connectivity index (χ2v) is 0.298. The number of hydrogen-bond acceptors (Lipinski definition) is 1. The van der Waals surface area contributed by atoms with Crippen molar-refractivity contribution in [1.29, 1.82) is 0 Å². The molecule has 0 atom stereocenters. The van der Waals surface area contributed by atoms with E-state index < -0.39 is 0 Å². The summed E-state index contributed by atoms with van der Waals surface area (Å²) in [5, 5.41) is 0. The zero-order valence-corrected chi connectivity index (χ0v) is 2.18. The number of nitrogens with two attached hydrogens (primary N) is 1. The summed E-state index contributed by atoms with van der Waals surface area (Å²) in [6, 6.07) is 0. The topological polar surface area (TPSA) is 38.4 Å². The van der Waals surface area contributed by atoms with Crippen molar-refractivity contribution in [1.82, 2.24) is 0 Å². The molecule has 3 heteroatoms. The molecule has 0 rings (SSSR count). The Labute approximate surface area is 26.1 Å². The highest BCUT2D eigenvalue weighted by atomic mass is 14.7. The smallest absolute Gasteiger partial charge is 0.261 e. The lowest BCUT2D eigenvalue weighted by Crippen LogP contribution is -1.85. The van der Waals surface area contributed by atoms with Crippen LogP contribution in [0, 0.1) is 0 Å². The maximum atomic E-state index is 4.61. The molecule has 0 heterocycles. The third kappa shape index (κ3) is 1.53. The van der Waals surface area contributed by atoms with Gasteiger partial charge in [-0.15, -0.1) is 0 Å². The third-order valence-corrected chi connectivity index (χ3v) is 0.0861. The van der Waals surface area contributed by atoms with E-state index in [0.717, 1.165) is 6.34 Å². The molecule has 0 aromatic heterocycles. The lowest BCUT2D eigenvalue weighted by atomic mass is 10.5. The third-order valence-electron chi connectivity index (χ3n) is 0.0861. The molecular formula is CH3BN2. The van der Waals surface area contributed by atoms with Gasteiger partial charge in [0, 0.05) is 0 Å². The molecule has 0 saturated carbocycles. The van der Waals surface area contributed by atoms with E-state index in [2.05, 4.69) is 18.6 Å². The van der Waals surface area contributed by atoms with Crippen LogP contribution in [0.1, 0.15) is 0 Å². The van der Waals surface area contributed by atoms with Crippen molar-refractivity contribution in [2.75, 3.05) is 0 Å². The monoisotopic (exact) mass is 54.0 g/mol. The maximum Gasteiger partial charge on any atom is 0.261 e. The lowest BCUT2D eigenvalue weighted by molar-refractivity contribution is 1.77. The van der Waals surface area contributed by atoms with E-state index in [-0.39, 0.29) is 0 Å². The van der Waals surface area contributed by atoms with Gasteiger partial charge >= 0.3 is 0 Å². The Bertz CT molecular complexity index is 21.2. The van der Waals surface area contributed by atoms with Crippen molar-refractivity contribution >= 4 is 14.3 Å². The Hall–Kier alpha value is -0.465. The molecule has 0 saturated heterocycles. The summed E-state index contributed by atoms with van der Waals surface area (Å²) in [6.45, 7) is 0. The normalized spacial score (nSPS) is 9.00. The van der Waals surface area contributed by atoms with E-state index in [9.17, 15) is 0 Å². The van der Waals surface area contributed by atoms with Crippen LogP contribution in [0.2, 0.25) is 0 Å². The Balaban J connectivity index is 2.55. The quantitative estimate of drug-likeness (QED) is 0.216. The summed E-state index contributed by atoms with van der Waals surface area (Å²) >= 11 is 0. The molecule has 0 aromatic rings. The average molecular weight is 53.9 g/mol. The van der Waals surface area contributed by atoms with Crippen LogP contribution in [0.4, 0.5) is 0 Å². The van der Waals surface area contributed by atoms with Crippen molar-refractivity contribution in [3.8, 4) is 0 Å². The zero-order chi connectivity index (χ0) is 3.41. The first-order valence-electron chi connectivity index (χ1n) is 0.850. The van der Waals surface area contributed by atoms with Gasteiger partial charge in [-0.05, 0) is 0 Å². The molecule has 20 valence electrons. The van der Waals surface area contributed by atoms with E-state index in [4.69, 9.17) is 0 Å². The van der Waals surface area contributed by atoms with Crippen molar-refractivity contribution in [3.63, 3.8) is 0 Å². The van der Waals surface area contributed by atoms with Crippen LogP contribution in [0.3, 0.4) is 0 Å². The molecule has 0 aliphatic rings. The molecule has 0 aromatic carbocycles. The SMILES string of the molecule is [B]/N=C/N. The lowest BCUT2D eigenvalue weighted by Gasteiger charge is -1.56. The van der Waals surface area contributed by atoms with Gasteiger partial charge in [0.1, 0.15) is 0 Å². The highest BCUT2D eigenvalue weighted by molar-refractivity contribution is 6.08. The molecule has 2 radical (unpaired) electrons. The van der Waals surface area contributed by atoms with Crippen molar-refractivity contribution in [2.45, 2.75) is 0 Å². The summed E-state index contributed by atoms with van der Waals surface area (Å²) < 4.78 is 0. The van der Waals surface area contributed by atoms with Crippen LogP contribution in [0.15, 0.2) is 4.90 Å². The Morgan fingerprint density at radius 2 is 2.25 bits per heavy atom. The molecule has 2 N–H and O–H groups in total. The fourth-order valence-electron chi connectivity index (χ4n) is 0. The van der Waals surface area contributed by atoms with Gasteiger partial charge in [-0.2, -0.15) is 0 Å². The van der Waals surface area contributed by atoms with Crippen LogP contribution in [0.25, 0.3) is 0 Å². The van der Waals surface area contributed by atoms with Crippen LogP contribution < -0.4 is 5.73 Å². The minimum atomic E-state index is 1.03. The Kier molecular flexibility index (Phi) is 2.24. The van der Waals surface area contributed by atoms with Crippen LogP contribution >= 0.6 is 0 Å². The first-order valence-corrected chi connectivity index (χ1v) is 0.850. The predicted octanol–water partition coefficient (Wildman–Crippen LogP) is -0.943. The Morgan fingerprint density at radius 3 is 2.25 bits per heavy atom. The summed E-state index contributed by atoms with van der Waals surface area (Å²) in [7, 11) is 4.47. The highest BCUT2D eigenvalue weighted by Gasteiger charge is 1.33. The molecule has 0 aliphatic carbocycles. The van der Waals surface area contributed by atoms with Gasteiger partial charge in [-0.1, -0.05) is 0 Å². The summed E-state index contributed by atoms with van der Waals surface area (Å²) in [6.07, 6.45) is 1.03. The summed E-state index contributed by atoms with van der Waals surface area (Å²) in [4.78, 5) is 2.89. The second kappa shape index (κ2) is 2.53. The maximum absolute atomic E-state index is 4.61. The van der Waals surface area contributed by atoms with Gasteiger partial charge in [0.15, 0.2) is 0 Å². The standard InChI is InChI=1S/CH3BN2/c2-4-1-3/h1H,(H2,3,4). The average Bonchev–Trinajstić information content (AvgIpc) is 1.37. The van der Waals surface area contributed by atoms with E-state index >= 15 is 0 Å². The van der Waals surface area contributed by atoms with Gasteiger partial charge in [-0.3, -0.25) is 0 Å². The number of rotatable bonds is 0. The van der Waals surface area contributed by atoms with Gasteiger partial charge in [0.2, 0.25) is 0 Å². The van der Waals surface area contributed by atoms with E-state index in [1.54, 1.807) is 0 Å². The van der Waals surface area contributed by atoms with Gasteiger partial charge in [-0.25, -0.2) is 0 Å². The summed E-state index contributed by atoms with van der Waals surface area (Å²) in [5.41, 5.74) is 4.61. The molecule has 2 nitrogen and oxygen atoms in total. The van der Waals surface area contributed by atoms with Gasteiger partial charge < -0.3 is 10.6 Å². The molecule has 0 aliphatic heterocycles. The molecule has 4 heavy (non-hydrogen) atoms. The van der Waals surface area contributed by atoms with Crippen LogP contribution in [-0.4, -0.2) is 14.3 Å². The van der Waals surface area contributed by atoms with Gasteiger partial charge in [0.05, 0.1) is 6.34 Å². The molecular weight excluding hydrogens is 50.8 g/mol. The Morgan fingerprint density at radius 1 is 2.00 bits per heavy atom. The van der Waals surface area contributed by atoms with Crippen molar-refractivity contribution in [3.05, 3.63) is 0 Å². The minimum Gasteiger partial charge on any atom is -0.391 e. The fourth-order valence-corrected chi connectivity index (χ4v) is 0.